The third kappa shape index (κ3) is 4.42. The van der Waals surface area contributed by atoms with Crippen LogP contribution in [0.2, 0.25) is 0 Å². The van der Waals surface area contributed by atoms with Crippen LogP contribution >= 0.6 is 11.8 Å². The maximum absolute atomic E-state index is 13.4. The molecule has 0 radical (unpaired) electrons. The molecule has 31 heavy (non-hydrogen) atoms. The van der Waals surface area contributed by atoms with Gasteiger partial charge in [-0.1, -0.05) is 53.2 Å². The molecule has 1 N–H and O–H groups in total. The topological polar surface area (TPSA) is 49.4 Å². The number of imide groups is 1. The van der Waals surface area contributed by atoms with Crippen molar-refractivity contribution in [3.05, 3.63) is 99.6 Å². The third-order valence-corrected chi connectivity index (χ3v) is 6.16. The van der Waals surface area contributed by atoms with Crippen molar-refractivity contribution in [2.45, 2.75) is 32.6 Å². The number of anilines is 2. The van der Waals surface area contributed by atoms with E-state index >= 15 is 0 Å². The summed E-state index contributed by atoms with van der Waals surface area (Å²) in [5.41, 5.74) is 6.05. The van der Waals surface area contributed by atoms with Crippen LogP contribution in [0.4, 0.5) is 11.4 Å². The first-order valence-corrected chi connectivity index (χ1v) is 10.9. The smallest absolute Gasteiger partial charge is 0.283 e. The van der Waals surface area contributed by atoms with Crippen LogP contribution in [0.1, 0.15) is 22.3 Å². The normalized spacial score (nSPS) is 13.9. The number of aryl methyl sites for hydroxylation is 4. The van der Waals surface area contributed by atoms with E-state index < -0.39 is 0 Å². The standard InChI is InChI=1S/C26H24N2O2S/c1-16-5-9-21(10-6-16)28-25(29)23(27-20-14-18(3)13-19(4)15-20)24(26(28)30)31-22-11-7-17(2)8-12-22/h5-15,27H,1-4H3. The zero-order chi connectivity index (χ0) is 22.1. The quantitative estimate of drug-likeness (QED) is 0.513. The molecule has 1 heterocycles. The number of carbonyl (C=O) groups is 2. The SMILES string of the molecule is Cc1ccc(SC2=C(Nc3cc(C)cc(C)c3)C(=O)N(c3ccc(C)cc3)C2=O)cc1. The summed E-state index contributed by atoms with van der Waals surface area (Å²) in [6, 6.07) is 21.4. The minimum atomic E-state index is -0.345. The number of rotatable bonds is 5. The maximum atomic E-state index is 13.4. The maximum Gasteiger partial charge on any atom is 0.283 e. The minimum Gasteiger partial charge on any atom is -0.350 e. The monoisotopic (exact) mass is 428 g/mol. The van der Waals surface area contributed by atoms with Crippen molar-refractivity contribution < 1.29 is 9.59 Å². The summed E-state index contributed by atoms with van der Waals surface area (Å²) in [6.07, 6.45) is 0. The lowest BCUT2D eigenvalue weighted by Gasteiger charge is -2.15. The fourth-order valence-corrected chi connectivity index (χ4v) is 4.49. The van der Waals surface area contributed by atoms with Gasteiger partial charge < -0.3 is 5.32 Å². The number of thioether (sulfide) groups is 1. The summed E-state index contributed by atoms with van der Waals surface area (Å²) >= 11 is 1.31. The number of hydrogen-bond donors (Lipinski definition) is 1. The van der Waals surface area contributed by atoms with Gasteiger partial charge in [0.15, 0.2) is 0 Å². The summed E-state index contributed by atoms with van der Waals surface area (Å²) in [7, 11) is 0. The van der Waals surface area contributed by atoms with E-state index in [1.807, 2.05) is 76.2 Å². The summed E-state index contributed by atoms with van der Waals surface area (Å²) < 4.78 is 0. The van der Waals surface area contributed by atoms with Gasteiger partial charge in [0.2, 0.25) is 0 Å². The van der Waals surface area contributed by atoms with Gasteiger partial charge in [-0.25, -0.2) is 4.90 Å². The predicted molar refractivity (Wildman–Crippen MR) is 127 cm³/mol. The van der Waals surface area contributed by atoms with E-state index in [-0.39, 0.29) is 11.8 Å². The number of amides is 2. The van der Waals surface area contributed by atoms with Crippen molar-refractivity contribution in [3.63, 3.8) is 0 Å². The number of carbonyl (C=O) groups excluding carboxylic acids is 2. The molecule has 0 fully saturated rings. The highest BCUT2D eigenvalue weighted by Crippen LogP contribution is 2.38. The van der Waals surface area contributed by atoms with Crippen LogP contribution in [0.5, 0.6) is 0 Å². The van der Waals surface area contributed by atoms with Crippen molar-refractivity contribution >= 4 is 35.0 Å². The molecular formula is C26H24N2O2S. The molecule has 0 saturated heterocycles. The fraction of sp³-hybridized carbons (Fsp3) is 0.154. The number of benzene rings is 3. The molecule has 1 aliphatic heterocycles. The first-order valence-electron chi connectivity index (χ1n) is 10.1. The Kier molecular flexibility index (Phi) is 5.70. The summed E-state index contributed by atoms with van der Waals surface area (Å²) in [4.78, 5) is 29.4. The summed E-state index contributed by atoms with van der Waals surface area (Å²) in [5.74, 6) is -0.658. The molecular weight excluding hydrogens is 404 g/mol. The number of hydrogen-bond acceptors (Lipinski definition) is 4. The Bertz CT molecular complexity index is 1170. The lowest BCUT2D eigenvalue weighted by molar-refractivity contribution is -0.120. The van der Waals surface area contributed by atoms with Gasteiger partial charge in [0.1, 0.15) is 10.6 Å². The van der Waals surface area contributed by atoms with E-state index in [0.29, 0.717) is 16.3 Å². The van der Waals surface area contributed by atoms with Gasteiger partial charge in [0.05, 0.1) is 5.69 Å². The molecule has 0 aromatic heterocycles. The zero-order valence-electron chi connectivity index (χ0n) is 18.0. The van der Waals surface area contributed by atoms with Crippen LogP contribution in [-0.2, 0) is 9.59 Å². The fourth-order valence-electron chi connectivity index (χ4n) is 3.56. The van der Waals surface area contributed by atoms with Crippen LogP contribution in [-0.4, -0.2) is 11.8 Å². The second-order valence-electron chi connectivity index (χ2n) is 7.90. The van der Waals surface area contributed by atoms with Gasteiger partial charge in [-0.05, 0) is 75.2 Å². The molecule has 5 heteroatoms. The van der Waals surface area contributed by atoms with Crippen LogP contribution in [0.15, 0.2) is 82.2 Å². The highest BCUT2D eigenvalue weighted by Gasteiger charge is 2.40. The minimum absolute atomic E-state index is 0.307. The van der Waals surface area contributed by atoms with E-state index in [4.69, 9.17) is 0 Å². The summed E-state index contributed by atoms with van der Waals surface area (Å²) in [6.45, 7) is 8.01. The molecule has 0 saturated carbocycles. The molecule has 0 bridgehead atoms. The summed E-state index contributed by atoms with van der Waals surface area (Å²) in [5, 5.41) is 3.24. The number of nitrogens with one attached hydrogen (secondary N) is 1. The van der Waals surface area contributed by atoms with Crippen molar-refractivity contribution in [2.24, 2.45) is 0 Å². The molecule has 3 aromatic carbocycles. The highest BCUT2D eigenvalue weighted by molar-refractivity contribution is 8.04. The van der Waals surface area contributed by atoms with E-state index in [2.05, 4.69) is 11.4 Å². The van der Waals surface area contributed by atoms with Crippen LogP contribution < -0.4 is 10.2 Å². The van der Waals surface area contributed by atoms with E-state index in [9.17, 15) is 9.59 Å². The Morgan fingerprint density at radius 3 is 1.81 bits per heavy atom. The molecule has 4 nitrogen and oxygen atoms in total. The average molecular weight is 429 g/mol. The first-order chi connectivity index (χ1) is 14.8. The van der Waals surface area contributed by atoms with Crippen molar-refractivity contribution in [1.29, 1.82) is 0 Å². The molecule has 2 amide bonds. The van der Waals surface area contributed by atoms with Crippen molar-refractivity contribution in [1.82, 2.24) is 0 Å². The highest BCUT2D eigenvalue weighted by atomic mass is 32.2. The van der Waals surface area contributed by atoms with Gasteiger partial charge in [-0.15, -0.1) is 0 Å². The second-order valence-corrected chi connectivity index (χ2v) is 8.99. The van der Waals surface area contributed by atoms with E-state index in [1.165, 1.54) is 16.7 Å². The molecule has 1 aliphatic rings. The Morgan fingerprint density at radius 2 is 1.23 bits per heavy atom. The van der Waals surface area contributed by atoms with Gasteiger partial charge in [0.25, 0.3) is 11.8 Å². The van der Waals surface area contributed by atoms with Crippen molar-refractivity contribution in [3.8, 4) is 0 Å². The van der Waals surface area contributed by atoms with E-state index in [1.54, 1.807) is 12.1 Å². The van der Waals surface area contributed by atoms with E-state index in [0.717, 1.165) is 32.8 Å². The molecule has 4 rings (SSSR count). The Balaban J connectivity index is 1.75. The Labute approximate surface area is 187 Å². The van der Waals surface area contributed by atoms with Gasteiger partial charge in [0, 0.05) is 10.6 Å². The molecule has 0 spiro atoms. The lowest BCUT2D eigenvalue weighted by Crippen LogP contribution is -2.32. The zero-order valence-corrected chi connectivity index (χ0v) is 18.8. The predicted octanol–water partition coefficient (Wildman–Crippen LogP) is 5.91. The second kappa shape index (κ2) is 8.44. The number of nitrogens with zero attached hydrogens (tertiary/aromatic N) is 1. The first kappa shape index (κ1) is 20.9. The van der Waals surface area contributed by atoms with Gasteiger partial charge in [-0.3, -0.25) is 9.59 Å². The van der Waals surface area contributed by atoms with Crippen LogP contribution in [0.3, 0.4) is 0 Å². The van der Waals surface area contributed by atoms with Gasteiger partial charge >= 0.3 is 0 Å². The average Bonchev–Trinajstić information content (AvgIpc) is 2.94. The largest absolute Gasteiger partial charge is 0.350 e. The van der Waals surface area contributed by atoms with Crippen LogP contribution in [0, 0.1) is 27.7 Å². The molecule has 0 atom stereocenters. The van der Waals surface area contributed by atoms with Gasteiger partial charge in [-0.2, -0.15) is 0 Å². The Hall–Kier alpha value is -3.31. The van der Waals surface area contributed by atoms with Crippen LogP contribution in [0.25, 0.3) is 0 Å². The third-order valence-electron chi connectivity index (χ3n) is 5.07. The van der Waals surface area contributed by atoms with Crippen molar-refractivity contribution in [2.75, 3.05) is 10.2 Å². The lowest BCUT2D eigenvalue weighted by atomic mass is 10.1. The molecule has 3 aromatic rings. The molecule has 0 aliphatic carbocycles. The molecule has 156 valence electrons. The molecule has 0 unspecified atom stereocenters. The Morgan fingerprint density at radius 1 is 0.677 bits per heavy atom.